The number of anilines is 1. The first-order chi connectivity index (χ1) is 10.5. The van der Waals surface area contributed by atoms with Crippen molar-refractivity contribution in [3.63, 3.8) is 0 Å². The van der Waals surface area contributed by atoms with E-state index in [2.05, 4.69) is 5.32 Å². The van der Waals surface area contributed by atoms with Crippen LogP contribution in [0.1, 0.15) is 12.8 Å². The first kappa shape index (κ1) is 16.6. The van der Waals surface area contributed by atoms with Gasteiger partial charge in [-0.05, 0) is 31.2 Å². The van der Waals surface area contributed by atoms with Gasteiger partial charge in [0.25, 0.3) is 0 Å². The van der Waals surface area contributed by atoms with Crippen molar-refractivity contribution in [1.29, 1.82) is 0 Å². The number of likely N-dealkylation sites (tertiary alicyclic amines) is 1. The number of amides is 1. The molecule has 1 saturated heterocycles. The molecule has 1 aliphatic rings. The lowest BCUT2D eigenvalue weighted by Crippen LogP contribution is -2.27. The molecule has 1 unspecified atom stereocenters. The van der Waals surface area contributed by atoms with Crippen molar-refractivity contribution < 1.29 is 19.4 Å². The molecule has 7 heteroatoms. The van der Waals surface area contributed by atoms with E-state index in [1.165, 1.54) is 7.11 Å². The van der Waals surface area contributed by atoms with Gasteiger partial charge in [-0.2, -0.15) is 0 Å². The number of carbonyl (C=O) groups excluding carboxylic acids is 1. The van der Waals surface area contributed by atoms with E-state index in [1.54, 1.807) is 18.2 Å². The number of nitrogens with one attached hydrogen (secondary N) is 1. The van der Waals surface area contributed by atoms with E-state index in [9.17, 15) is 9.59 Å². The van der Waals surface area contributed by atoms with Crippen LogP contribution in [0.5, 0.6) is 5.75 Å². The number of halogens is 1. The minimum absolute atomic E-state index is 0.153. The molecule has 0 bridgehead atoms. The highest BCUT2D eigenvalue weighted by Crippen LogP contribution is 2.27. The quantitative estimate of drug-likeness (QED) is 0.836. The fraction of sp³-hybridized carbons (Fsp3) is 0.467. The number of hydrogen-bond donors (Lipinski definition) is 2. The summed E-state index contributed by atoms with van der Waals surface area (Å²) in [4.78, 5) is 24.9. The summed E-state index contributed by atoms with van der Waals surface area (Å²) < 4.78 is 5.17. The van der Waals surface area contributed by atoms with Gasteiger partial charge in [0.05, 0.1) is 18.7 Å². The first-order valence-corrected chi connectivity index (χ1v) is 7.46. The minimum Gasteiger partial charge on any atom is -0.495 e. The van der Waals surface area contributed by atoms with Gasteiger partial charge in [0.2, 0.25) is 5.91 Å². The second-order valence-electron chi connectivity index (χ2n) is 5.27. The Morgan fingerprint density at radius 1 is 1.50 bits per heavy atom. The number of aliphatic carboxylic acids is 1. The molecule has 0 saturated carbocycles. The van der Waals surface area contributed by atoms with Gasteiger partial charge < -0.3 is 20.1 Å². The van der Waals surface area contributed by atoms with E-state index < -0.39 is 5.97 Å². The SMILES string of the molecule is COc1ccc(Cl)cc1NC(=O)CCN1CCC(C(=O)O)C1. The Labute approximate surface area is 134 Å². The number of ether oxygens (including phenoxy) is 1. The first-order valence-electron chi connectivity index (χ1n) is 7.08. The van der Waals surface area contributed by atoms with Crippen molar-refractivity contribution in [1.82, 2.24) is 4.90 Å². The molecule has 2 rings (SSSR count). The lowest BCUT2D eigenvalue weighted by atomic mass is 10.1. The van der Waals surface area contributed by atoms with Gasteiger partial charge in [-0.3, -0.25) is 9.59 Å². The van der Waals surface area contributed by atoms with Crippen LogP contribution in [0, 0.1) is 5.92 Å². The molecule has 1 aromatic carbocycles. The number of carboxylic acid groups (broad SMARTS) is 1. The standard InChI is InChI=1S/C15H19ClN2O4/c1-22-13-3-2-11(16)8-12(13)17-14(19)5-7-18-6-4-10(9-18)15(20)21/h2-3,8,10H,4-7,9H2,1H3,(H,17,19)(H,20,21). The maximum atomic E-state index is 12.0. The van der Waals surface area contributed by atoms with Crippen molar-refractivity contribution in [2.24, 2.45) is 5.92 Å². The molecule has 6 nitrogen and oxygen atoms in total. The fourth-order valence-corrected chi connectivity index (χ4v) is 2.66. The monoisotopic (exact) mass is 326 g/mol. The maximum Gasteiger partial charge on any atom is 0.307 e. The van der Waals surface area contributed by atoms with Crippen LogP contribution in [0.2, 0.25) is 5.02 Å². The van der Waals surface area contributed by atoms with Gasteiger partial charge in [-0.15, -0.1) is 0 Å². The molecule has 1 aliphatic heterocycles. The van der Waals surface area contributed by atoms with Gasteiger partial charge in [0.1, 0.15) is 5.75 Å². The highest BCUT2D eigenvalue weighted by Gasteiger charge is 2.27. The lowest BCUT2D eigenvalue weighted by molar-refractivity contribution is -0.141. The summed E-state index contributed by atoms with van der Waals surface area (Å²) >= 11 is 5.91. The largest absolute Gasteiger partial charge is 0.495 e. The minimum atomic E-state index is -0.768. The van der Waals surface area contributed by atoms with E-state index in [0.29, 0.717) is 48.9 Å². The zero-order valence-electron chi connectivity index (χ0n) is 12.3. The molecular formula is C15H19ClN2O4. The molecule has 1 atom stereocenters. The number of carboxylic acids is 1. The Kier molecular flexibility index (Phi) is 5.63. The second-order valence-corrected chi connectivity index (χ2v) is 5.70. The molecule has 2 N–H and O–H groups in total. The zero-order valence-corrected chi connectivity index (χ0v) is 13.1. The average Bonchev–Trinajstić information content (AvgIpc) is 2.94. The fourth-order valence-electron chi connectivity index (χ4n) is 2.49. The van der Waals surface area contributed by atoms with Gasteiger partial charge in [0.15, 0.2) is 0 Å². The van der Waals surface area contributed by atoms with Gasteiger partial charge >= 0.3 is 5.97 Å². The Morgan fingerprint density at radius 2 is 2.27 bits per heavy atom. The smallest absolute Gasteiger partial charge is 0.307 e. The Bertz CT molecular complexity index is 564. The molecule has 0 aromatic heterocycles. The summed E-state index contributed by atoms with van der Waals surface area (Å²) in [7, 11) is 1.52. The summed E-state index contributed by atoms with van der Waals surface area (Å²) in [6.45, 7) is 1.76. The normalized spacial score (nSPS) is 18.2. The number of benzene rings is 1. The Hall–Kier alpha value is -1.79. The van der Waals surface area contributed by atoms with Gasteiger partial charge in [-0.1, -0.05) is 11.6 Å². The zero-order chi connectivity index (χ0) is 16.1. The summed E-state index contributed by atoms with van der Waals surface area (Å²) in [6.07, 6.45) is 0.932. The van der Waals surface area contributed by atoms with E-state index >= 15 is 0 Å². The summed E-state index contributed by atoms with van der Waals surface area (Å²) in [6, 6.07) is 5.01. The van der Waals surface area contributed by atoms with Crippen molar-refractivity contribution in [3.8, 4) is 5.75 Å². The molecular weight excluding hydrogens is 308 g/mol. The van der Waals surface area contributed by atoms with Crippen LogP contribution in [0.15, 0.2) is 18.2 Å². The van der Waals surface area contributed by atoms with Crippen molar-refractivity contribution in [2.45, 2.75) is 12.8 Å². The molecule has 0 spiro atoms. The highest BCUT2D eigenvalue weighted by molar-refractivity contribution is 6.31. The third-order valence-electron chi connectivity index (χ3n) is 3.71. The van der Waals surface area contributed by atoms with Crippen LogP contribution in [-0.4, -0.2) is 48.6 Å². The third kappa shape index (κ3) is 4.35. The van der Waals surface area contributed by atoms with E-state index in [1.807, 2.05) is 4.90 Å². The molecule has 0 radical (unpaired) electrons. The van der Waals surface area contributed by atoms with Crippen LogP contribution < -0.4 is 10.1 Å². The summed E-state index contributed by atoms with van der Waals surface area (Å²) in [5, 5.41) is 12.2. The van der Waals surface area contributed by atoms with Crippen LogP contribution in [0.4, 0.5) is 5.69 Å². The predicted molar refractivity (Wildman–Crippen MR) is 83.4 cm³/mol. The molecule has 0 aliphatic carbocycles. The third-order valence-corrected chi connectivity index (χ3v) is 3.95. The topological polar surface area (TPSA) is 78.9 Å². The van der Waals surface area contributed by atoms with E-state index in [-0.39, 0.29) is 11.8 Å². The summed E-state index contributed by atoms with van der Waals surface area (Å²) in [5.41, 5.74) is 0.532. The molecule has 120 valence electrons. The maximum absolute atomic E-state index is 12.0. The predicted octanol–water partition coefficient (Wildman–Crippen LogP) is 2.08. The van der Waals surface area contributed by atoms with Crippen molar-refractivity contribution in [3.05, 3.63) is 23.2 Å². The Balaban J connectivity index is 1.84. The molecule has 1 aromatic rings. The van der Waals surface area contributed by atoms with E-state index in [4.69, 9.17) is 21.4 Å². The molecule has 22 heavy (non-hydrogen) atoms. The lowest BCUT2D eigenvalue weighted by Gasteiger charge is -2.15. The highest BCUT2D eigenvalue weighted by atomic mass is 35.5. The number of nitrogens with zero attached hydrogens (tertiary/aromatic N) is 1. The number of methoxy groups -OCH3 is 1. The summed E-state index contributed by atoms with van der Waals surface area (Å²) in [5.74, 6) is -0.698. The second kappa shape index (κ2) is 7.47. The van der Waals surface area contributed by atoms with Crippen LogP contribution >= 0.6 is 11.6 Å². The molecule has 1 fully saturated rings. The number of carbonyl (C=O) groups is 2. The van der Waals surface area contributed by atoms with Gasteiger partial charge in [0, 0.05) is 24.5 Å². The van der Waals surface area contributed by atoms with Crippen LogP contribution in [0.3, 0.4) is 0 Å². The van der Waals surface area contributed by atoms with Crippen molar-refractivity contribution in [2.75, 3.05) is 32.1 Å². The number of hydrogen-bond acceptors (Lipinski definition) is 4. The van der Waals surface area contributed by atoms with Crippen LogP contribution in [0.25, 0.3) is 0 Å². The van der Waals surface area contributed by atoms with E-state index in [0.717, 1.165) is 0 Å². The van der Waals surface area contributed by atoms with Crippen LogP contribution in [-0.2, 0) is 9.59 Å². The van der Waals surface area contributed by atoms with Gasteiger partial charge in [-0.25, -0.2) is 0 Å². The van der Waals surface area contributed by atoms with Crippen molar-refractivity contribution >= 4 is 29.2 Å². The molecule has 1 amide bonds. The Morgan fingerprint density at radius 3 is 2.91 bits per heavy atom. The number of rotatable bonds is 6. The molecule has 1 heterocycles. The average molecular weight is 327 g/mol.